The quantitative estimate of drug-likeness (QED) is 0.924. The van der Waals surface area contributed by atoms with E-state index in [4.69, 9.17) is 0 Å². The third-order valence-electron chi connectivity index (χ3n) is 3.68. The highest BCUT2D eigenvalue weighted by atomic mass is 32.2. The molecule has 0 radical (unpaired) electrons. The number of anilines is 2. The Bertz CT molecular complexity index is 739. The summed E-state index contributed by atoms with van der Waals surface area (Å²) >= 11 is 1.10. The molecule has 0 atom stereocenters. The van der Waals surface area contributed by atoms with Crippen molar-refractivity contribution in [3.63, 3.8) is 0 Å². The van der Waals surface area contributed by atoms with Crippen LogP contribution in [0.15, 0.2) is 39.9 Å². The number of hydrogen-bond donors (Lipinski definition) is 1. The summed E-state index contributed by atoms with van der Waals surface area (Å²) in [5.41, 5.74) is 0.849. The monoisotopic (exact) mass is 340 g/mol. The van der Waals surface area contributed by atoms with E-state index in [9.17, 15) is 12.8 Å². The molecule has 2 heterocycles. The van der Waals surface area contributed by atoms with E-state index in [1.807, 2.05) is 0 Å². The third-order valence-corrected chi connectivity index (χ3v) is 6.44. The van der Waals surface area contributed by atoms with Crippen molar-refractivity contribution in [2.75, 3.05) is 22.7 Å². The maximum Gasteiger partial charge on any atom is 0.271 e. The van der Waals surface area contributed by atoms with E-state index in [0.29, 0.717) is 0 Å². The smallest absolute Gasteiger partial charge is 0.271 e. The summed E-state index contributed by atoms with van der Waals surface area (Å²) < 4.78 is 40.9. The summed E-state index contributed by atoms with van der Waals surface area (Å²) in [7, 11) is -3.73. The number of rotatable bonds is 4. The zero-order valence-corrected chi connectivity index (χ0v) is 13.6. The van der Waals surface area contributed by atoms with Gasteiger partial charge in [0.15, 0.2) is 0 Å². The Morgan fingerprint density at radius 3 is 2.59 bits per heavy atom. The van der Waals surface area contributed by atoms with E-state index in [1.165, 1.54) is 18.6 Å². The first kappa shape index (κ1) is 15.3. The summed E-state index contributed by atoms with van der Waals surface area (Å²) in [5, 5.41) is 1.68. The van der Waals surface area contributed by atoms with Crippen molar-refractivity contribution >= 4 is 32.7 Å². The average molecular weight is 340 g/mol. The maximum atomic E-state index is 14.0. The second-order valence-corrected chi connectivity index (χ2v) is 8.11. The SMILES string of the molecule is O=S(=O)(Nc1cc(N2CCCCC2)ccc1F)c1cccs1. The molecule has 0 saturated carbocycles. The fourth-order valence-corrected chi connectivity index (χ4v) is 4.60. The van der Waals surface area contributed by atoms with Crippen LogP contribution < -0.4 is 9.62 Å². The summed E-state index contributed by atoms with van der Waals surface area (Å²) in [4.78, 5) is 2.16. The molecule has 0 aliphatic carbocycles. The Labute approximate surface area is 133 Å². The molecule has 1 aliphatic rings. The standard InChI is InChI=1S/C15H17FN2O2S2/c16-13-7-6-12(18-8-2-1-3-9-18)11-14(13)17-22(19,20)15-5-4-10-21-15/h4-7,10-11,17H,1-3,8-9H2. The predicted octanol–water partition coefficient (Wildman–Crippen LogP) is 3.68. The first-order valence-corrected chi connectivity index (χ1v) is 9.53. The summed E-state index contributed by atoms with van der Waals surface area (Å²) in [6.07, 6.45) is 3.41. The highest BCUT2D eigenvalue weighted by Crippen LogP contribution is 2.28. The normalized spacial score (nSPS) is 15.8. The molecule has 0 unspecified atom stereocenters. The Morgan fingerprint density at radius 2 is 1.91 bits per heavy atom. The molecule has 1 aliphatic heterocycles. The van der Waals surface area contributed by atoms with Gasteiger partial charge in [0.05, 0.1) is 5.69 Å². The van der Waals surface area contributed by atoms with E-state index in [-0.39, 0.29) is 9.90 Å². The molecule has 0 spiro atoms. The lowest BCUT2D eigenvalue weighted by molar-refractivity contribution is 0.576. The van der Waals surface area contributed by atoms with Gasteiger partial charge in [0.25, 0.3) is 10.0 Å². The highest BCUT2D eigenvalue weighted by Gasteiger charge is 2.19. The molecule has 2 aromatic rings. The second kappa shape index (κ2) is 6.26. The number of nitrogens with zero attached hydrogens (tertiary/aromatic N) is 1. The van der Waals surface area contributed by atoms with Gasteiger partial charge < -0.3 is 4.90 Å². The molecule has 1 aromatic heterocycles. The van der Waals surface area contributed by atoms with Crippen molar-refractivity contribution < 1.29 is 12.8 Å². The number of halogens is 1. The first-order valence-electron chi connectivity index (χ1n) is 7.17. The van der Waals surface area contributed by atoms with Gasteiger partial charge in [-0.05, 0) is 48.9 Å². The van der Waals surface area contributed by atoms with Crippen LogP contribution in [-0.4, -0.2) is 21.5 Å². The highest BCUT2D eigenvalue weighted by molar-refractivity contribution is 7.94. The number of benzene rings is 1. The zero-order chi connectivity index (χ0) is 15.6. The lowest BCUT2D eigenvalue weighted by atomic mass is 10.1. The van der Waals surface area contributed by atoms with Gasteiger partial charge in [0.2, 0.25) is 0 Å². The van der Waals surface area contributed by atoms with E-state index < -0.39 is 15.8 Å². The molecule has 0 bridgehead atoms. The van der Waals surface area contributed by atoms with Crippen molar-refractivity contribution in [3.05, 3.63) is 41.5 Å². The van der Waals surface area contributed by atoms with Crippen LogP contribution in [0, 0.1) is 5.82 Å². The Kier molecular flexibility index (Phi) is 4.35. The summed E-state index contributed by atoms with van der Waals surface area (Å²) in [5.74, 6) is -0.569. The molecule has 7 heteroatoms. The minimum absolute atomic E-state index is 0.00327. The molecule has 1 saturated heterocycles. The lowest BCUT2D eigenvalue weighted by Crippen LogP contribution is -2.29. The number of thiophene rings is 1. The number of piperidine rings is 1. The van der Waals surface area contributed by atoms with Crippen LogP contribution in [0.4, 0.5) is 15.8 Å². The first-order chi connectivity index (χ1) is 10.6. The topological polar surface area (TPSA) is 49.4 Å². The van der Waals surface area contributed by atoms with Crippen LogP contribution in [0.1, 0.15) is 19.3 Å². The molecular weight excluding hydrogens is 323 g/mol. The molecule has 1 aromatic carbocycles. The van der Waals surface area contributed by atoms with Gasteiger partial charge in [-0.1, -0.05) is 6.07 Å². The van der Waals surface area contributed by atoms with Crippen LogP contribution in [0.2, 0.25) is 0 Å². The fraction of sp³-hybridized carbons (Fsp3) is 0.333. The minimum Gasteiger partial charge on any atom is -0.371 e. The van der Waals surface area contributed by atoms with E-state index in [2.05, 4.69) is 9.62 Å². The summed E-state index contributed by atoms with van der Waals surface area (Å²) in [6.45, 7) is 1.84. The van der Waals surface area contributed by atoms with Crippen molar-refractivity contribution in [2.24, 2.45) is 0 Å². The molecule has 4 nitrogen and oxygen atoms in total. The zero-order valence-electron chi connectivity index (χ0n) is 12.0. The Hall–Kier alpha value is -1.60. The lowest BCUT2D eigenvalue weighted by Gasteiger charge is -2.29. The molecule has 22 heavy (non-hydrogen) atoms. The van der Waals surface area contributed by atoms with Crippen LogP contribution in [0.3, 0.4) is 0 Å². The van der Waals surface area contributed by atoms with Crippen molar-refractivity contribution in [2.45, 2.75) is 23.5 Å². The molecule has 1 N–H and O–H groups in total. The van der Waals surface area contributed by atoms with Crippen LogP contribution in [0.25, 0.3) is 0 Å². The van der Waals surface area contributed by atoms with Crippen LogP contribution >= 0.6 is 11.3 Å². The third kappa shape index (κ3) is 3.25. The second-order valence-electron chi connectivity index (χ2n) is 5.25. The van der Waals surface area contributed by atoms with Gasteiger partial charge in [-0.25, -0.2) is 12.8 Å². The molecule has 0 amide bonds. The number of nitrogens with one attached hydrogen (secondary N) is 1. The number of sulfonamides is 1. The number of hydrogen-bond acceptors (Lipinski definition) is 4. The van der Waals surface area contributed by atoms with Gasteiger partial charge in [-0.3, -0.25) is 4.72 Å². The average Bonchev–Trinajstić information content (AvgIpc) is 3.05. The van der Waals surface area contributed by atoms with Crippen molar-refractivity contribution in [1.29, 1.82) is 0 Å². The van der Waals surface area contributed by atoms with Gasteiger partial charge in [0.1, 0.15) is 10.0 Å². The molecule has 118 valence electrons. The predicted molar refractivity (Wildman–Crippen MR) is 87.6 cm³/mol. The summed E-state index contributed by atoms with van der Waals surface area (Å²) in [6, 6.07) is 7.74. The van der Waals surface area contributed by atoms with E-state index in [1.54, 1.807) is 23.6 Å². The van der Waals surface area contributed by atoms with Crippen LogP contribution in [-0.2, 0) is 10.0 Å². The van der Waals surface area contributed by atoms with Gasteiger partial charge in [0, 0.05) is 18.8 Å². The minimum atomic E-state index is -3.73. The van der Waals surface area contributed by atoms with Crippen LogP contribution in [0.5, 0.6) is 0 Å². The molecule has 3 rings (SSSR count). The molecule has 1 fully saturated rings. The maximum absolute atomic E-state index is 14.0. The van der Waals surface area contributed by atoms with E-state index in [0.717, 1.165) is 43.0 Å². The van der Waals surface area contributed by atoms with Gasteiger partial charge in [-0.15, -0.1) is 11.3 Å². The fourth-order valence-electron chi connectivity index (χ4n) is 2.55. The molecular formula is C15H17FN2O2S2. The van der Waals surface area contributed by atoms with Gasteiger partial charge in [-0.2, -0.15) is 0 Å². The van der Waals surface area contributed by atoms with E-state index >= 15 is 0 Å². The Balaban J connectivity index is 1.87. The Morgan fingerprint density at radius 1 is 1.14 bits per heavy atom. The largest absolute Gasteiger partial charge is 0.371 e. The van der Waals surface area contributed by atoms with Gasteiger partial charge >= 0.3 is 0 Å². The van der Waals surface area contributed by atoms with Crippen molar-refractivity contribution in [3.8, 4) is 0 Å². The van der Waals surface area contributed by atoms with Crippen molar-refractivity contribution in [1.82, 2.24) is 0 Å².